The Morgan fingerprint density at radius 2 is 1.78 bits per heavy atom. The van der Waals surface area contributed by atoms with E-state index in [1.807, 2.05) is 6.92 Å². The second-order valence-corrected chi connectivity index (χ2v) is 6.10. The number of rotatable bonds is 8. The topological polar surface area (TPSA) is 83.1 Å². The predicted octanol–water partition coefficient (Wildman–Crippen LogP) is 3.66. The molecule has 0 aromatic heterocycles. The van der Waals surface area contributed by atoms with Crippen LogP contribution in [0.4, 0.5) is 5.69 Å². The summed E-state index contributed by atoms with van der Waals surface area (Å²) in [6, 6.07) is 9.99. The van der Waals surface area contributed by atoms with Gasteiger partial charge in [0, 0.05) is 0 Å². The van der Waals surface area contributed by atoms with Crippen molar-refractivity contribution in [3.05, 3.63) is 46.4 Å². The van der Waals surface area contributed by atoms with Crippen LogP contribution in [0.15, 0.2) is 40.9 Å². The van der Waals surface area contributed by atoms with E-state index in [4.69, 9.17) is 18.9 Å². The van der Waals surface area contributed by atoms with Gasteiger partial charge in [0.05, 0.1) is 36.6 Å². The molecule has 0 aliphatic carbocycles. The zero-order chi connectivity index (χ0) is 19.8. The van der Waals surface area contributed by atoms with Gasteiger partial charge in [-0.2, -0.15) is 0 Å². The number of carbonyl (C=O) groups is 2. The van der Waals surface area contributed by atoms with Gasteiger partial charge in [0.25, 0.3) is 5.91 Å². The summed E-state index contributed by atoms with van der Waals surface area (Å²) in [4.78, 5) is 24.3. The third-order valence-electron chi connectivity index (χ3n) is 3.47. The Kier molecular flexibility index (Phi) is 7.48. The number of hydrogen-bond donors (Lipinski definition) is 1. The number of halogens is 1. The largest absolute Gasteiger partial charge is 0.495 e. The van der Waals surface area contributed by atoms with Crippen molar-refractivity contribution in [3.8, 4) is 17.2 Å². The highest BCUT2D eigenvalue weighted by molar-refractivity contribution is 9.10. The number of carbonyl (C=O) groups excluding carboxylic acids is 2. The molecule has 1 N–H and O–H groups in total. The minimum atomic E-state index is -0.660. The maximum absolute atomic E-state index is 12.3. The Balaban J connectivity index is 2.03. The summed E-state index contributed by atoms with van der Waals surface area (Å²) < 4.78 is 21.5. The van der Waals surface area contributed by atoms with Crippen LogP contribution in [0.1, 0.15) is 17.3 Å². The Hall–Kier alpha value is -2.74. The molecule has 2 rings (SSSR count). The molecule has 2 aromatic carbocycles. The van der Waals surface area contributed by atoms with Crippen LogP contribution < -0.4 is 19.5 Å². The van der Waals surface area contributed by atoms with Crippen LogP contribution in [0.3, 0.4) is 0 Å². The van der Waals surface area contributed by atoms with Crippen LogP contribution in [0.25, 0.3) is 0 Å². The minimum absolute atomic E-state index is 0.229. The van der Waals surface area contributed by atoms with E-state index in [1.165, 1.54) is 20.3 Å². The number of hydrogen-bond acceptors (Lipinski definition) is 6. The summed E-state index contributed by atoms with van der Waals surface area (Å²) >= 11 is 3.34. The van der Waals surface area contributed by atoms with Gasteiger partial charge < -0.3 is 24.3 Å². The van der Waals surface area contributed by atoms with Gasteiger partial charge in [0.1, 0.15) is 5.75 Å². The Bertz CT molecular complexity index is 824. The molecule has 0 atom stereocenters. The average molecular weight is 438 g/mol. The summed E-state index contributed by atoms with van der Waals surface area (Å²) in [6.07, 6.45) is 0. The first-order chi connectivity index (χ1) is 13.0. The molecule has 1 amide bonds. The van der Waals surface area contributed by atoms with E-state index in [-0.39, 0.29) is 5.56 Å². The highest BCUT2D eigenvalue weighted by atomic mass is 79.9. The van der Waals surface area contributed by atoms with Crippen molar-refractivity contribution in [2.45, 2.75) is 6.92 Å². The third-order valence-corrected chi connectivity index (χ3v) is 4.06. The molecule has 2 aromatic rings. The molecule has 27 heavy (non-hydrogen) atoms. The van der Waals surface area contributed by atoms with E-state index in [0.29, 0.717) is 34.0 Å². The highest BCUT2D eigenvalue weighted by Crippen LogP contribution is 2.36. The monoisotopic (exact) mass is 437 g/mol. The zero-order valence-corrected chi connectivity index (χ0v) is 16.8. The number of anilines is 1. The minimum Gasteiger partial charge on any atom is -0.495 e. The Morgan fingerprint density at radius 1 is 1.07 bits per heavy atom. The Morgan fingerprint density at radius 3 is 2.44 bits per heavy atom. The summed E-state index contributed by atoms with van der Waals surface area (Å²) in [7, 11) is 2.97. The van der Waals surface area contributed by atoms with Crippen LogP contribution in [0.2, 0.25) is 0 Å². The number of para-hydroxylation sites is 2. The molecule has 8 heteroatoms. The second-order valence-electron chi connectivity index (χ2n) is 5.25. The lowest BCUT2D eigenvalue weighted by Gasteiger charge is -2.13. The zero-order valence-electron chi connectivity index (χ0n) is 15.2. The summed E-state index contributed by atoms with van der Waals surface area (Å²) in [5.41, 5.74) is 0.721. The first kappa shape index (κ1) is 20.6. The van der Waals surface area contributed by atoms with Gasteiger partial charge in [-0.05, 0) is 47.1 Å². The quantitative estimate of drug-likeness (QED) is 0.634. The third kappa shape index (κ3) is 5.37. The number of nitrogens with one attached hydrogen (secondary N) is 1. The predicted molar refractivity (Wildman–Crippen MR) is 104 cm³/mol. The van der Waals surface area contributed by atoms with E-state index in [9.17, 15) is 9.59 Å². The van der Waals surface area contributed by atoms with E-state index < -0.39 is 18.5 Å². The van der Waals surface area contributed by atoms with E-state index in [0.717, 1.165) is 0 Å². The van der Waals surface area contributed by atoms with E-state index in [2.05, 4.69) is 21.2 Å². The normalized spacial score (nSPS) is 10.1. The van der Waals surface area contributed by atoms with Crippen molar-refractivity contribution in [2.24, 2.45) is 0 Å². The fourth-order valence-corrected chi connectivity index (χ4v) is 2.83. The molecular weight excluding hydrogens is 418 g/mol. The molecule has 0 spiro atoms. The smallest absolute Gasteiger partial charge is 0.338 e. The SMILES string of the molecule is CCOc1c(Br)cc(C(=O)OCC(=O)Nc2ccccc2OC)cc1OC. The first-order valence-electron chi connectivity index (χ1n) is 8.10. The van der Waals surface area contributed by atoms with Gasteiger partial charge in [-0.3, -0.25) is 4.79 Å². The van der Waals surface area contributed by atoms with Gasteiger partial charge in [-0.15, -0.1) is 0 Å². The molecule has 0 saturated carbocycles. The van der Waals surface area contributed by atoms with Crippen LogP contribution >= 0.6 is 15.9 Å². The Labute approximate surface area is 165 Å². The van der Waals surface area contributed by atoms with Gasteiger partial charge in [-0.25, -0.2) is 4.79 Å². The lowest BCUT2D eigenvalue weighted by atomic mass is 10.2. The number of benzene rings is 2. The van der Waals surface area contributed by atoms with Crippen LogP contribution in [-0.4, -0.2) is 39.3 Å². The molecule has 0 radical (unpaired) electrons. The summed E-state index contributed by atoms with van der Waals surface area (Å²) in [6.45, 7) is 1.85. The second kappa shape index (κ2) is 9.82. The van der Waals surface area contributed by atoms with Gasteiger partial charge >= 0.3 is 5.97 Å². The van der Waals surface area contributed by atoms with Crippen molar-refractivity contribution >= 4 is 33.5 Å². The molecule has 0 saturated heterocycles. The molecule has 0 aliphatic rings. The maximum Gasteiger partial charge on any atom is 0.338 e. The standard InChI is InChI=1S/C19H20BrNO6/c1-4-26-18-13(20)9-12(10-16(18)25-3)19(23)27-11-17(22)21-14-7-5-6-8-15(14)24-2/h5-10H,4,11H2,1-3H3,(H,21,22). The van der Waals surface area contributed by atoms with Gasteiger partial charge in [-0.1, -0.05) is 12.1 Å². The fourth-order valence-electron chi connectivity index (χ4n) is 2.27. The number of ether oxygens (including phenoxy) is 4. The van der Waals surface area contributed by atoms with Crippen molar-refractivity contribution in [2.75, 3.05) is 32.8 Å². The lowest BCUT2D eigenvalue weighted by molar-refractivity contribution is -0.119. The lowest BCUT2D eigenvalue weighted by Crippen LogP contribution is -2.21. The molecule has 0 aliphatic heterocycles. The molecule has 0 unspecified atom stereocenters. The van der Waals surface area contributed by atoms with Crippen LogP contribution in [-0.2, 0) is 9.53 Å². The molecule has 0 bridgehead atoms. The van der Waals surface area contributed by atoms with Gasteiger partial charge in [0.2, 0.25) is 0 Å². The van der Waals surface area contributed by atoms with Crippen molar-refractivity contribution in [3.63, 3.8) is 0 Å². The maximum atomic E-state index is 12.3. The highest BCUT2D eigenvalue weighted by Gasteiger charge is 2.17. The average Bonchev–Trinajstić information content (AvgIpc) is 2.67. The molecule has 0 heterocycles. The van der Waals surface area contributed by atoms with Crippen LogP contribution in [0, 0.1) is 0 Å². The van der Waals surface area contributed by atoms with E-state index >= 15 is 0 Å². The number of esters is 1. The van der Waals surface area contributed by atoms with Crippen molar-refractivity contribution < 1.29 is 28.5 Å². The molecular formula is C19H20BrNO6. The molecule has 0 fully saturated rings. The van der Waals surface area contributed by atoms with Crippen molar-refractivity contribution in [1.82, 2.24) is 0 Å². The molecule has 7 nitrogen and oxygen atoms in total. The summed E-state index contributed by atoms with van der Waals surface area (Å²) in [5.74, 6) is 0.247. The molecule has 144 valence electrons. The first-order valence-corrected chi connectivity index (χ1v) is 8.89. The fraction of sp³-hybridized carbons (Fsp3) is 0.263. The van der Waals surface area contributed by atoms with Gasteiger partial charge in [0.15, 0.2) is 18.1 Å². The van der Waals surface area contributed by atoms with E-state index in [1.54, 1.807) is 30.3 Å². The van der Waals surface area contributed by atoms with Crippen molar-refractivity contribution in [1.29, 1.82) is 0 Å². The number of amides is 1. The van der Waals surface area contributed by atoms with Crippen LogP contribution in [0.5, 0.6) is 17.2 Å². The summed E-state index contributed by atoms with van der Waals surface area (Å²) in [5, 5.41) is 2.63. The number of methoxy groups -OCH3 is 2.